The first-order valence-electron chi connectivity index (χ1n) is 2.01. The molecule has 0 aliphatic rings. The fourth-order valence-corrected chi connectivity index (χ4v) is 0.335. The molecule has 0 saturated carbocycles. The molecule has 0 N–H and O–H groups in total. The van der Waals surface area contributed by atoms with Gasteiger partial charge >= 0.3 is 0 Å². The molecule has 0 aliphatic carbocycles. The first-order chi connectivity index (χ1) is 3.66. The van der Waals surface area contributed by atoms with Gasteiger partial charge in [-0.2, -0.15) is 0 Å². The van der Waals surface area contributed by atoms with Crippen LogP contribution >= 0.6 is 12.2 Å². The van der Waals surface area contributed by atoms with Crippen molar-refractivity contribution in [2.24, 2.45) is 0 Å². The average molecular weight is 140 g/mol. The van der Waals surface area contributed by atoms with Crippen LogP contribution in [0.5, 0.6) is 0 Å². The Kier molecular flexibility index (Phi) is 3.60. The molecule has 0 radical (unpaired) electrons. The smallest absolute Gasteiger partial charge is 0.246 e. The number of hydrogen-bond acceptors (Lipinski definition) is 2. The van der Waals surface area contributed by atoms with E-state index >= 15 is 0 Å². The summed E-state index contributed by atoms with van der Waals surface area (Å²) in [7, 11) is 1.28. The molecule has 0 unspecified atom stereocenters. The van der Waals surface area contributed by atoms with Crippen molar-refractivity contribution in [3.63, 3.8) is 0 Å². The Bertz CT molecular complexity index is 84.1. The van der Waals surface area contributed by atoms with E-state index in [2.05, 4.69) is 17.0 Å². The molecule has 8 heavy (non-hydrogen) atoms. The van der Waals surface area contributed by atoms with Gasteiger partial charge in [0.15, 0.2) is 5.05 Å². The Morgan fingerprint density at radius 2 is 2.25 bits per heavy atom. The molecule has 0 aromatic rings. The highest BCUT2D eigenvalue weighted by Crippen LogP contribution is 2.00. The standard InChI is InChI=1S/C4H6F2OS/c1-7-4(8)2-3(5)6/h3H,2H2,1H3. The van der Waals surface area contributed by atoms with Crippen LogP contribution in [-0.2, 0) is 4.74 Å². The number of ether oxygens (including phenoxy) is 1. The predicted octanol–water partition coefficient (Wildman–Crippen LogP) is 1.62. The Balaban J connectivity index is 3.25. The lowest BCUT2D eigenvalue weighted by Gasteiger charge is -1.97. The number of hydrogen-bond donors (Lipinski definition) is 0. The maximum absolute atomic E-state index is 11.3. The van der Waals surface area contributed by atoms with Crippen molar-refractivity contribution < 1.29 is 13.5 Å². The minimum Gasteiger partial charge on any atom is -0.490 e. The lowest BCUT2D eigenvalue weighted by molar-refractivity contribution is 0.151. The van der Waals surface area contributed by atoms with Gasteiger partial charge in [-0.3, -0.25) is 0 Å². The lowest BCUT2D eigenvalue weighted by Crippen LogP contribution is -2.03. The Morgan fingerprint density at radius 3 is 2.38 bits per heavy atom. The third-order valence-corrected chi connectivity index (χ3v) is 0.882. The summed E-state index contributed by atoms with van der Waals surface area (Å²) in [5.41, 5.74) is 0. The minimum absolute atomic E-state index is 0.0417. The van der Waals surface area contributed by atoms with Crippen molar-refractivity contribution in [2.75, 3.05) is 7.11 Å². The number of halogens is 2. The Morgan fingerprint density at radius 1 is 1.75 bits per heavy atom. The van der Waals surface area contributed by atoms with Crippen molar-refractivity contribution in [3.8, 4) is 0 Å². The molecule has 0 rings (SSSR count). The van der Waals surface area contributed by atoms with Crippen molar-refractivity contribution in [1.82, 2.24) is 0 Å². The molecule has 0 fully saturated rings. The zero-order valence-corrected chi connectivity index (χ0v) is 5.17. The summed E-state index contributed by atoms with van der Waals surface area (Å²) < 4.78 is 26.9. The molecular formula is C4H6F2OS. The summed E-state index contributed by atoms with van der Waals surface area (Å²) in [6.45, 7) is 0. The van der Waals surface area contributed by atoms with Crippen molar-refractivity contribution in [2.45, 2.75) is 12.8 Å². The maximum atomic E-state index is 11.3. The molecule has 1 nitrogen and oxygen atoms in total. The first-order valence-corrected chi connectivity index (χ1v) is 2.42. The SMILES string of the molecule is COC(=S)CC(F)F. The average Bonchev–Trinajstić information content (AvgIpc) is 1.65. The van der Waals surface area contributed by atoms with E-state index in [0.29, 0.717) is 0 Å². The number of thiocarbonyl (C=S) groups is 1. The van der Waals surface area contributed by atoms with Gasteiger partial charge in [0.1, 0.15) is 0 Å². The summed E-state index contributed by atoms with van der Waals surface area (Å²) in [4.78, 5) is 0. The maximum Gasteiger partial charge on any atom is 0.246 e. The molecule has 0 amide bonds. The highest BCUT2D eigenvalue weighted by atomic mass is 32.1. The Labute approximate surface area is 51.6 Å². The fourth-order valence-electron chi connectivity index (χ4n) is 0.209. The third kappa shape index (κ3) is 3.92. The van der Waals surface area contributed by atoms with Gasteiger partial charge in [0, 0.05) is 0 Å². The summed E-state index contributed by atoms with van der Waals surface area (Å²) in [5.74, 6) is 0. The molecule has 0 saturated heterocycles. The highest BCUT2D eigenvalue weighted by Gasteiger charge is 2.05. The van der Waals surface area contributed by atoms with Crippen LogP contribution in [0.2, 0.25) is 0 Å². The molecule has 0 aromatic carbocycles. The normalized spacial score (nSPS) is 9.50. The largest absolute Gasteiger partial charge is 0.490 e. The van der Waals surface area contributed by atoms with Crippen LogP contribution in [0.15, 0.2) is 0 Å². The minimum atomic E-state index is -2.39. The zero-order chi connectivity index (χ0) is 6.57. The molecule has 0 aromatic heterocycles. The summed E-state index contributed by atoms with van der Waals surface area (Å²) in [5, 5.41) is -0.0417. The summed E-state index contributed by atoms with van der Waals surface area (Å²) in [6.07, 6.45) is -2.83. The van der Waals surface area contributed by atoms with Gasteiger partial charge in [-0.1, -0.05) is 0 Å². The second-order valence-electron chi connectivity index (χ2n) is 1.17. The van der Waals surface area contributed by atoms with E-state index in [0.717, 1.165) is 0 Å². The van der Waals surface area contributed by atoms with E-state index in [1.54, 1.807) is 0 Å². The third-order valence-electron chi connectivity index (χ3n) is 0.549. The quantitative estimate of drug-likeness (QED) is 0.539. The Hall–Kier alpha value is -0.250. The van der Waals surface area contributed by atoms with Crippen LogP contribution in [0.4, 0.5) is 8.78 Å². The molecule has 0 atom stereocenters. The van der Waals surface area contributed by atoms with Gasteiger partial charge in [0.05, 0.1) is 13.5 Å². The fraction of sp³-hybridized carbons (Fsp3) is 0.750. The van der Waals surface area contributed by atoms with E-state index in [1.165, 1.54) is 7.11 Å². The van der Waals surface area contributed by atoms with Gasteiger partial charge in [-0.15, -0.1) is 0 Å². The highest BCUT2D eigenvalue weighted by molar-refractivity contribution is 7.80. The van der Waals surface area contributed by atoms with E-state index < -0.39 is 12.8 Å². The second kappa shape index (κ2) is 3.72. The van der Waals surface area contributed by atoms with Crippen LogP contribution in [0.1, 0.15) is 6.42 Å². The number of alkyl halides is 2. The monoisotopic (exact) mass is 140 g/mol. The molecule has 4 heteroatoms. The molecule has 48 valence electrons. The molecule has 0 spiro atoms. The van der Waals surface area contributed by atoms with Crippen molar-refractivity contribution in [1.29, 1.82) is 0 Å². The van der Waals surface area contributed by atoms with Crippen molar-refractivity contribution >= 4 is 17.3 Å². The van der Waals surface area contributed by atoms with Crippen molar-refractivity contribution in [3.05, 3.63) is 0 Å². The van der Waals surface area contributed by atoms with E-state index in [4.69, 9.17) is 0 Å². The van der Waals surface area contributed by atoms with Gasteiger partial charge < -0.3 is 4.74 Å². The van der Waals surface area contributed by atoms with E-state index in [9.17, 15) is 8.78 Å². The molecule has 0 bridgehead atoms. The predicted molar refractivity (Wildman–Crippen MR) is 30.2 cm³/mol. The van der Waals surface area contributed by atoms with Gasteiger partial charge in [-0.05, 0) is 12.2 Å². The topological polar surface area (TPSA) is 9.23 Å². The van der Waals surface area contributed by atoms with Gasteiger partial charge in [0.25, 0.3) is 0 Å². The zero-order valence-electron chi connectivity index (χ0n) is 4.36. The number of rotatable bonds is 2. The molecule has 0 aliphatic heterocycles. The second-order valence-corrected chi connectivity index (χ2v) is 1.63. The first kappa shape index (κ1) is 7.75. The van der Waals surface area contributed by atoms with Crippen LogP contribution in [0.3, 0.4) is 0 Å². The summed E-state index contributed by atoms with van der Waals surface area (Å²) in [6, 6.07) is 0. The summed E-state index contributed by atoms with van der Waals surface area (Å²) >= 11 is 4.33. The number of methoxy groups -OCH3 is 1. The van der Waals surface area contributed by atoms with Crippen LogP contribution in [0.25, 0.3) is 0 Å². The van der Waals surface area contributed by atoms with Gasteiger partial charge in [0.2, 0.25) is 6.43 Å². The van der Waals surface area contributed by atoms with E-state index in [-0.39, 0.29) is 5.05 Å². The van der Waals surface area contributed by atoms with Crippen LogP contribution in [-0.4, -0.2) is 18.6 Å². The van der Waals surface area contributed by atoms with Gasteiger partial charge in [-0.25, -0.2) is 8.78 Å². The van der Waals surface area contributed by atoms with Crippen LogP contribution < -0.4 is 0 Å². The lowest BCUT2D eigenvalue weighted by atomic mass is 10.5. The molecular weight excluding hydrogens is 134 g/mol. The van der Waals surface area contributed by atoms with E-state index in [1.807, 2.05) is 0 Å². The van der Waals surface area contributed by atoms with Crippen LogP contribution in [0, 0.1) is 0 Å². The molecule has 0 heterocycles.